The number of carbonyl (C=O) groups excluding carboxylic acids is 2. The zero-order chi connectivity index (χ0) is 19.9. The number of amides is 1. The van der Waals surface area contributed by atoms with Gasteiger partial charge in [0.25, 0.3) is 5.91 Å². The lowest BCUT2D eigenvalue weighted by molar-refractivity contribution is 0.0526. The first-order valence-electron chi connectivity index (χ1n) is 8.77. The minimum Gasteiger partial charge on any atom is -0.486 e. The van der Waals surface area contributed by atoms with Gasteiger partial charge in [-0.1, -0.05) is 0 Å². The van der Waals surface area contributed by atoms with Crippen LogP contribution in [0.15, 0.2) is 53.9 Å². The Kier molecular flexibility index (Phi) is 6.39. The van der Waals surface area contributed by atoms with Crippen molar-refractivity contribution in [2.45, 2.75) is 20.5 Å². The molecule has 2 aromatic carbocycles. The Morgan fingerprint density at radius 1 is 1.04 bits per heavy atom. The van der Waals surface area contributed by atoms with Crippen molar-refractivity contribution in [3.8, 4) is 5.75 Å². The monoisotopic (exact) mass is 396 g/mol. The number of rotatable bonds is 7. The molecule has 0 bridgehead atoms. The standard InChI is InChI=1S/C21H20N2O4S/c1-3-26-21(25)16-4-8-17(9-5-16)23-20(24)15-6-10-18(11-7-15)27-12-19-22-14(2)13-28-19/h4-11,13H,3,12H2,1-2H3,(H,23,24). The number of benzene rings is 2. The number of aryl methyl sites for hydroxylation is 1. The molecule has 0 aliphatic heterocycles. The van der Waals surface area contributed by atoms with E-state index in [1.165, 1.54) is 0 Å². The molecule has 0 aliphatic rings. The summed E-state index contributed by atoms with van der Waals surface area (Å²) in [4.78, 5) is 28.4. The normalized spacial score (nSPS) is 10.4. The minimum atomic E-state index is -0.385. The summed E-state index contributed by atoms with van der Waals surface area (Å²) in [5.41, 5.74) is 2.52. The van der Waals surface area contributed by atoms with Crippen LogP contribution in [0.3, 0.4) is 0 Å². The highest BCUT2D eigenvalue weighted by Crippen LogP contribution is 2.17. The molecule has 7 heteroatoms. The number of aromatic nitrogens is 1. The van der Waals surface area contributed by atoms with E-state index in [2.05, 4.69) is 10.3 Å². The Balaban J connectivity index is 1.56. The van der Waals surface area contributed by atoms with Gasteiger partial charge in [-0.15, -0.1) is 11.3 Å². The van der Waals surface area contributed by atoms with Crippen LogP contribution in [0.25, 0.3) is 0 Å². The SMILES string of the molecule is CCOC(=O)c1ccc(NC(=O)c2ccc(OCc3nc(C)cs3)cc2)cc1. The number of thiazole rings is 1. The minimum absolute atomic E-state index is 0.244. The molecule has 0 radical (unpaired) electrons. The average Bonchev–Trinajstić information content (AvgIpc) is 3.13. The van der Waals surface area contributed by atoms with Crippen molar-refractivity contribution >= 4 is 28.9 Å². The zero-order valence-corrected chi connectivity index (χ0v) is 16.4. The number of anilines is 1. The molecule has 0 saturated heterocycles. The third kappa shape index (κ3) is 5.17. The van der Waals surface area contributed by atoms with Crippen molar-refractivity contribution in [3.05, 3.63) is 75.7 Å². The van der Waals surface area contributed by atoms with E-state index in [-0.39, 0.29) is 11.9 Å². The lowest BCUT2D eigenvalue weighted by Crippen LogP contribution is -2.12. The fraction of sp³-hybridized carbons (Fsp3) is 0.190. The average molecular weight is 396 g/mol. The van der Waals surface area contributed by atoms with Crippen LogP contribution in [0.4, 0.5) is 5.69 Å². The molecule has 28 heavy (non-hydrogen) atoms. The quantitative estimate of drug-likeness (QED) is 0.597. The summed E-state index contributed by atoms with van der Waals surface area (Å²) in [6, 6.07) is 13.5. The van der Waals surface area contributed by atoms with Crippen molar-refractivity contribution in [3.63, 3.8) is 0 Å². The molecule has 0 saturated carbocycles. The fourth-order valence-electron chi connectivity index (χ4n) is 2.42. The molecule has 144 valence electrons. The number of nitrogens with zero attached hydrogens (tertiary/aromatic N) is 1. The summed E-state index contributed by atoms with van der Waals surface area (Å²) < 4.78 is 10.6. The van der Waals surface area contributed by atoms with E-state index in [1.807, 2.05) is 12.3 Å². The summed E-state index contributed by atoms with van der Waals surface area (Å²) in [7, 11) is 0. The maximum Gasteiger partial charge on any atom is 0.338 e. The van der Waals surface area contributed by atoms with Crippen LogP contribution < -0.4 is 10.1 Å². The number of ether oxygens (including phenoxy) is 2. The van der Waals surface area contributed by atoms with Crippen LogP contribution in [-0.4, -0.2) is 23.5 Å². The van der Waals surface area contributed by atoms with Crippen molar-refractivity contribution < 1.29 is 19.1 Å². The molecule has 0 atom stereocenters. The van der Waals surface area contributed by atoms with Crippen LogP contribution in [0.5, 0.6) is 5.75 Å². The second kappa shape index (κ2) is 9.14. The van der Waals surface area contributed by atoms with Gasteiger partial charge >= 0.3 is 5.97 Å². The van der Waals surface area contributed by atoms with Crippen LogP contribution in [0.2, 0.25) is 0 Å². The second-order valence-corrected chi connectivity index (χ2v) is 6.89. The number of hydrogen-bond acceptors (Lipinski definition) is 6. The summed E-state index contributed by atoms with van der Waals surface area (Å²) in [6.45, 7) is 4.41. The Hall–Kier alpha value is -3.19. The molecule has 3 aromatic rings. The summed E-state index contributed by atoms with van der Waals surface area (Å²) in [6.07, 6.45) is 0. The van der Waals surface area contributed by atoms with E-state index in [0.717, 1.165) is 10.7 Å². The lowest BCUT2D eigenvalue weighted by Gasteiger charge is -2.08. The highest BCUT2D eigenvalue weighted by Gasteiger charge is 2.09. The van der Waals surface area contributed by atoms with Gasteiger partial charge in [0.2, 0.25) is 0 Å². The van der Waals surface area contributed by atoms with E-state index in [0.29, 0.717) is 35.8 Å². The second-order valence-electron chi connectivity index (χ2n) is 5.95. The Labute approximate surface area is 167 Å². The van der Waals surface area contributed by atoms with Crippen molar-refractivity contribution in [1.29, 1.82) is 0 Å². The lowest BCUT2D eigenvalue weighted by atomic mass is 10.1. The van der Waals surface area contributed by atoms with Gasteiger partial charge in [0.05, 0.1) is 12.2 Å². The molecule has 0 aliphatic carbocycles. The number of hydrogen-bond donors (Lipinski definition) is 1. The molecule has 0 spiro atoms. The first-order valence-corrected chi connectivity index (χ1v) is 9.65. The van der Waals surface area contributed by atoms with Gasteiger partial charge < -0.3 is 14.8 Å². The smallest absolute Gasteiger partial charge is 0.338 e. The molecular formula is C21H20N2O4S. The van der Waals surface area contributed by atoms with Crippen LogP contribution in [0.1, 0.15) is 38.3 Å². The molecular weight excluding hydrogens is 376 g/mol. The van der Waals surface area contributed by atoms with Gasteiger partial charge in [-0.05, 0) is 62.4 Å². The number of esters is 1. The van der Waals surface area contributed by atoms with Crippen molar-refractivity contribution in [1.82, 2.24) is 4.98 Å². The van der Waals surface area contributed by atoms with Gasteiger partial charge in [-0.25, -0.2) is 9.78 Å². The molecule has 1 aromatic heterocycles. The molecule has 1 heterocycles. The third-order valence-corrected chi connectivity index (χ3v) is 4.74. The zero-order valence-electron chi connectivity index (χ0n) is 15.6. The van der Waals surface area contributed by atoms with Gasteiger partial charge in [-0.2, -0.15) is 0 Å². The summed E-state index contributed by atoms with van der Waals surface area (Å²) in [5, 5.41) is 5.68. The van der Waals surface area contributed by atoms with Crippen LogP contribution >= 0.6 is 11.3 Å². The van der Waals surface area contributed by atoms with E-state index in [4.69, 9.17) is 9.47 Å². The van der Waals surface area contributed by atoms with Crippen LogP contribution in [0, 0.1) is 6.92 Å². The molecule has 0 fully saturated rings. The molecule has 0 unspecified atom stereocenters. The first-order chi connectivity index (χ1) is 13.5. The number of nitrogens with one attached hydrogen (secondary N) is 1. The molecule has 1 N–H and O–H groups in total. The van der Waals surface area contributed by atoms with E-state index in [1.54, 1.807) is 66.8 Å². The molecule has 6 nitrogen and oxygen atoms in total. The summed E-state index contributed by atoms with van der Waals surface area (Å²) >= 11 is 1.55. The highest BCUT2D eigenvalue weighted by molar-refractivity contribution is 7.09. The maximum atomic E-state index is 12.4. The maximum absolute atomic E-state index is 12.4. The van der Waals surface area contributed by atoms with Crippen molar-refractivity contribution in [2.24, 2.45) is 0 Å². The number of carbonyl (C=O) groups is 2. The molecule has 1 amide bonds. The Morgan fingerprint density at radius 3 is 2.32 bits per heavy atom. The Bertz CT molecular complexity index is 949. The van der Waals surface area contributed by atoms with Gasteiger partial charge in [0, 0.05) is 22.3 Å². The predicted molar refractivity (Wildman–Crippen MR) is 108 cm³/mol. The van der Waals surface area contributed by atoms with Gasteiger partial charge in [0.1, 0.15) is 17.4 Å². The Morgan fingerprint density at radius 2 is 1.71 bits per heavy atom. The molecule has 3 rings (SSSR count). The third-order valence-electron chi connectivity index (χ3n) is 3.80. The van der Waals surface area contributed by atoms with Gasteiger partial charge in [0.15, 0.2) is 0 Å². The van der Waals surface area contributed by atoms with Crippen molar-refractivity contribution in [2.75, 3.05) is 11.9 Å². The summed E-state index contributed by atoms with van der Waals surface area (Å²) in [5.74, 6) is 0.0399. The van der Waals surface area contributed by atoms with E-state index < -0.39 is 0 Å². The van der Waals surface area contributed by atoms with E-state index in [9.17, 15) is 9.59 Å². The topological polar surface area (TPSA) is 77.5 Å². The van der Waals surface area contributed by atoms with E-state index >= 15 is 0 Å². The fourth-order valence-corrected chi connectivity index (χ4v) is 3.11. The largest absolute Gasteiger partial charge is 0.486 e. The van der Waals surface area contributed by atoms with Crippen LogP contribution in [-0.2, 0) is 11.3 Å². The van der Waals surface area contributed by atoms with Gasteiger partial charge in [-0.3, -0.25) is 4.79 Å². The predicted octanol–water partition coefficient (Wildman–Crippen LogP) is 4.46. The first kappa shape index (κ1) is 19.6. The highest BCUT2D eigenvalue weighted by atomic mass is 32.1.